The molecule has 0 radical (unpaired) electrons. The zero-order chi connectivity index (χ0) is 28.0. The number of ketones is 1. The molecule has 0 aromatic heterocycles. The molecule has 4 heterocycles. The monoisotopic (exact) mass is 542 g/mol. The molecule has 4 aliphatic heterocycles. The highest BCUT2D eigenvalue weighted by atomic mass is 16.3. The summed E-state index contributed by atoms with van der Waals surface area (Å²) in [6.07, 6.45) is 7.64. The number of rotatable bonds is 7. The maximum Gasteiger partial charge on any atom is 0.260 e. The summed E-state index contributed by atoms with van der Waals surface area (Å²) >= 11 is 0. The van der Waals surface area contributed by atoms with Gasteiger partial charge >= 0.3 is 0 Å². The molecule has 10 nitrogen and oxygen atoms in total. The van der Waals surface area contributed by atoms with Crippen molar-refractivity contribution < 1.29 is 29.7 Å². The number of aliphatic hydroxyl groups excluding tert-OH is 3. The highest BCUT2D eigenvalue weighted by molar-refractivity contribution is 6.04. The van der Waals surface area contributed by atoms with Gasteiger partial charge in [-0.1, -0.05) is 0 Å². The average Bonchev–Trinajstić information content (AvgIpc) is 3.54. The number of carbonyl (C=O) groups is 3. The summed E-state index contributed by atoms with van der Waals surface area (Å²) in [5.41, 5.74) is 4.67. The topological polar surface area (TPSA) is 143 Å². The highest BCUT2D eigenvalue weighted by Gasteiger charge is 2.34. The number of aliphatic hydroxyl groups is 3. The van der Waals surface area contributed by atoms with Gasteiger partial charge < -0.3 is 25.1 Å². The van der Waals surface area contributed by atoms with Crippen molar-refractivity contribution in [1.82, 2.24) is 9.80 Å². The lowest BCUT2D eigenvalue weighted by Crippen LogP contribution is -2.35. The third-order valence-corrected chi connectivity index (χ3v) is 8.14. The Morgan fingerprint density at radius 3 is 2.10 bits per heavy atom. The molecule has 0 aliphatic carbocycles. The van der Waals surface area contributed by atoms with E-state index in [2.05, 4.69) is 9.98 Å². The molecule has 2 aromatic carbocycles. The van der Waals surface area contributed by atoms with Crippen molar-refractivity contribution in [3.8, 4) is 0 Å². The van der Waals surface area contributed by atoms with E-state index in [1.165, 1.54) is 0 Å². The molecule has 3 N–H and O–H groups in total. The van der Waals surface area contributed by atoms with Crippen LogP contribution in [0, 0.1) is 0 Å². The van der Waals surface area contributed by atoms with E-state index in [9.17, 15) is 29.7 Å². The minimum absolute atomic E-state index is 0.0234. The van der Waals surface area contributed by atoms with E-state index < -0.39 is 0 Å². The number of Topliss-reactive ketones (excluding diaryl/α,β-unsaturated/α-hetero) is 1. The van der Waals surface area contributed by atoms with Crippen LogP contribution in [0.1, 0.15) is 68.7 Å². The van der Waals surface area contributed by atoms with E-state index in [0.717, 1.165) is 18.4 Å². The van der Waals surface area contributed by atoms with Gasteiger partial charge in [-0.15, -0.1) is 0 Å². The number of aliphatic imine (C=N–C) groups is 2. The standard InChI is InChI=1S/C30H30N4O6/c35-14-19-7-25-27(31-11-22-2-1-3-33(22)29(25)39)9-18(19)6-24(38)5-17-4-23-12-32-28-10-21(16-37)20(15-36)8-26(28)30(40)34(23)13-17/h7-13,22-23,35-37H,1-6,14-16H2/t22-,23-/m0/s1. The van der Waals surface area contributed by atoms with Crippen molar-refractivity contribution in [2.45, 2.75) is 64.0 Å². The Morgan fingerprint density at radius 2 is 1.40 bits per heavy atom. The summed E-state index contributed by atoms with van der Waals surface area (Å²) in [5, 5.41) is 29.3. The quantitative estimate of drug-likeness (QED) is 0.491. The number of carbonyl (C=O) groups excluding carboxylic acids is 3. The number of benzene rings is 2. The lowest BCUT2D eigenvalue weighted by Gasteiger charge is -2.20. The summed E-state index contributed by atoms with van der Waals surface area (Å²) in [7, 11) is 0. The molecule has 206 valence electrons. The van der Waals surface area contributed by atoms with Crippen molar-refractivity contribution >= 4 is 41.4 Å². The molecule has 1 saturated heterocycles. The molecule has 0 saturated carbocycles. The first-order valence-corrected chi connectivity index (χ1v) is 13.5. The van der Waals surface area contributed by atoms with E-state index in [1.54, 1.807) is 47.8 Å². The molecular formula is C30H30N4O6. The molecule has 6 rings (SSSR count). The fourth-order valence-corrected chi connectivity index (χ4v) is 6.03. The summed E-state index contributed by atoms with van der Waals surface area (Å²) in [6.45, 7) is -0.193. The Balaban J connectivity index is 1.20. The normalized spacial score (nSPS) is 21.0. The average molecular weight is 543 g/mol. The second kappa shape index (κ2) is 10.5. The van der Waals surface area contributed by atoms with E-state index >= 15 is 0 Å². The van der Waals surface area contributed by atoms with E-state index in [0.29, 0.717) is 57.7 Å². The molecule has 2 amide bonds. The molecule has 2 aromatic rings. The summed E-state index contributed by atoms with van der Waals surface area (Å²) < 4.78 is 0. The molecule has 40 heavy (non-hydrogen) atoms. The Bertz CT molecular complexity index is 1510. The van der Waals surface area contributed by atoms with Gasteiger partial charge in [0, 0.05) is 38.0 Å². The predicted molar refractivity (Wildman–Crippen MR) is 147 cm³/mol. The highest BCUT2D eigenvalue weighted by Crippen LogP contribution is 2.35. The summed E-state index contributed by atoms with van der Waals surface area (Å²) in [5.74, 6) is -0.462. The van der Waals surface area contributed by atoms with Gasteiger partial charge in [-0.2, -0.15) is 0 Å². The maximum absolute atomic E-state index is 13.4. The first kappa shape index (κ1) is 26.2. The molecule has 1 fully saturated rings. The third kappa shape index (κ3) is 4.57. The molecule has 10 heteroatoms. The molecule has 0 unspecified atom stereocenters. The van der Waals surface area contributed by atoms with Crippen molar-refractivity contribution in [2.75, 3.05) is 6.54 Å². The van der Waals surface area contributed by atoms with Crippen LogP contribution in [0.25, 0.3) is 0 Å². The third-order valence-electron chi connectivity index (χ3n) is 8.14. The summed E-state index contributed by atoms with van der Waals surface area (Å²) in [6, 6.07) is 6.21. The van der Waals surface area contributed by atoms with Crippen LogP contribution < -0.4 is 0 Å². The number of hydrogen-bond donors (Lipinski definition) is 3. The second-order valence-corrected chi connectivity index (χ2v) is 10.7. The van der Waals surface area contributed by atoms with Gasteiger partial charge in [0.2, 0.25) is 0 Å². The Hall–Kier alpha value is -3.99. The van der Waals surface area contributed by atoms with Crippen LogP contribution in [0.5, 0.6) is 0 Å². The van der Waals surface area contributed by atoms with Crippen LogP contribution in [-0.2, 0) is 31.0 Å². The maximum atomic E-state index is 13.4. The van der Waals surface area contributed by atoms with Crippen LogP contribution in [-0.4, -0.2) is 73.8 Å². The van der Waals surface area contributed by atoms with Gasteiger partial charge in [0.05, 0.1) is 54.4 Å². The fourth-order valence-electron chi connectivity index (χ4n) is 6.03. The van der Waals surface area contributed by atoms with Crippen molar-refractivity contribution in [3.63, 3.8) is 0 Å². The largest absolute Gasteiger partial charge is 0.392 e. The first-order chi connectivity index (χ1) is 19.4. The molecular weight excluding hydrogens is 512 g/mol. The molecule has 2 atom stereocenters. The minimum Gasteiger partial charge on any atom is -0.392 e. The van der Waals surface area contributed by atoms with Gasteiger partial charge in [0.15, 0.2) is 0 Å². The lowest BCUT2D eigenvalue weighted by atomic mass is 9.95. The predicted octanol–water partition coefficient (Wildman–Crippen LogP) is 2.50. The first-order valence-electron chi connectivity index (χ1n) is 13.5. The molecule has 4 aliphatic rings. The van der Waals surface area contributed by atoms with Crippen LogP contribution in [0.2, 0.25) is 0 Å². The van der Waals surface area contributed by atoms with Crippen molar-refractivity contribution in [2.24, 2.45) is 9.98 Å². The zero-order valence-electron chi connectivity index (χ0n) is 21.9. The smallest absolute Gasteiger partial charge is 0.260 e. The van der Waals surface area contributed by atoms with Crippen LogP contribution >= 0.6 is 0 Å². The van der Waals surface area contributed by atoms with E-state index in [-0.39, 0.29) is 62.3 Å². The van der Waals surface area contributed by atoms with E-state index in [1.807, 2.05) is 4.90 Å². The molecule has 0 bridgehead atoms. The van der Waals surface area contributed by atoms with Crippen LogP contribution in [0.4, 0.5) is 11.4 Å². The number of amides is 2. The van der Waals surface area contributed by atoms with Gasteiger partial charge in [-0.25, -0.2) is 0 Å². The second-order valence-electron chi connectivity index (χ2n) is 10.7. The van der Waals surface area contributed by atoms with Crippen LogP contribution in [0.3, 0.4) is 0 Å². The number of hydrogen-bond acceptors (Lipinski definition) is 8. The van der Waals surface area contributed by atoms with Gasteiger partial charge in [-0.3, -0.25) is 24.4 Å². The number of fused-ring (bicyclic) bond motifs is 4. The fraction of sp³-hybridized carbons (Fsp3) is 0.367. The number of nitrogens with zero attached hydrogens (tertiary/aromatic N) is 4. The van der Waals surface area contributed by atoms with Crippen LogP contribution in [0.15, 0.2) is 46.0 Å². The Morgan fingerprint density at radius 1 is 0.800 bits per heavy atom. The van der Waals surface area contributed by atoms with Gasteiger partial charge in [-0.05, 0) is 71.4 Å². The SMILES string of the molecule is O=C(CC1=CN2C(=O)c3cc(CO)c(CO)cc3N=C[C@@H]2C1)Cc1cc2c(cc1CO)C(=O)N1CCC[C@H]1C=N2. The Labute approximate surface area is 231 Å². The van der Waals surface area contributed by atoms with Crippen molar-refractivity contribution in [3.05, 3.63) is 69.4 Å². The van der Waals surface area contributed by atoms with E-state index in [4.69, 9.17) is 0 Å². The van der Waals surface area contributed by atoms with Gasteiger partial charge in [0.25, 0.3) is 11.8 Å². The summed E-state index contributed by atoms with van der Waals surface area (Å²) in [4.78, 5) is 52.0. The lowest BCUT2D eigenvalue weighted by molar-refractivity contribution is -0.117. The van der Waals surface area contributed by atoms with Crippen molar-refractivity contribution in [1.29, 1.82) is 0 Å². The Kier molecular flexibility index (Phi) is 6.91. The van der Waals surface area contributed by atoms with Gasteiger partial charge in [0.1, 0.15) is 5.78 Å². The minimum atomic E-state index is -0.340. The zero-order valence-corrected chi connectivity index (χ0v) is 21.9. The molecule has 0 spiro atoms.